The molecule has 94 valence electrons. The Kier molecular flexibility index (Phi) is 4.54. The van der Waals surface area contributed by atoms with Crippen molar-refractivity contribution in [3.63, 3.8) is 0 Å². The standard InChI is InChI=1S/C14H12Br2FN/c15-11-6-4-9(5-7-11)13(18)8-10-2-1-3-12(17)14(10)16/h1-7,13H,8,18H2. The van der Waals surface area contributed by atoms with Crippen molar-refractivity contribution in [2.45, 2.75) is 12.5 Å². The zero-order chi connectivity index (χ0) is 13.1. The molecule has 1 unspecified atom stereocenters. The lowest BCUT2D eigenvalue weighted by atomic mass is 10.00. The number of nitrogens with two attached hydrogens (primary N) is 1. The van der Waals surface area contributed by atoms with Gasteiger partial charge in [0.2, 0.25) is 0 Å². The Hall–Kier alpha value is -0.710. The summed E-state index contributed by atoms with van der Waals surface area (Å²) in [5.74, 6) is -0.254. The third-order valence-electron chi connectivity index (χ3n) is 2.77. The average Bonchev–Trinajstić information content (AvgIpc) is 2.36. The van der Waals surface area contributed by atoms with Crippen LogP contribution in [0.15, 0.2) is 51.4 Å². The van der Waals surface area contributed by atoms with Crippen molar-refractivity contribution >= 4 is 31.9 Å². The Bertz CT molecular complexity index is 540. The van der Waals surface area contributed by atoms with Crippen LogP contribution >= 0.6 is 31.9 Å². The lowest BCUT2D eigenvalue weighted by Crippen LogP contribution is -2.13. The van der Waals surface area contributed by atoms with Crippen LogP contribution in [-0.2, 0) is 6.42 Å². The first-order valence-electron chi connectivity index (χ1n) is 5.52. The molecule has 0 saturated heterocycles. The summed E-state index contributed by atoms with van der Waals surface area (Å²) in [6.45, 7) is 0. The predicted octanol–water partition coefficient (Wildman–Crippen LogP) is 4.59. The third-order valence-corrected chi connectivity index (χ3v) is 4.19. The monoisotopic (exact) mass is 371 g/mol. The van der Waals surface area contributed by atoms with Gasteiger partial charge in [-0.15, -0.1) is 0 Å². The summed E-state index contributed by atoms with van der Waals surface area (Å²) >= 11 is 6.64. The molecule has 2 aromatic carbocycles. The number of hydrogen-bond donors (Lipinski definition) is 1. The molecule has 0 spiro atoms. The Morgan fingerprint density at radius 3 is 2.39 bits per heavy atom. The van der Waals surface area contributed by atoms with Crippen molar-refractivity contribution in [1.82, 2.24) is 0 Å². The summed E-state index contributed by atoms with van der Waals surface area (Å²) in [4.78, 5) is 0. The van der Waals surface area contributed by atoms with Crippen LogP contribution in [0, 0.1) is 5.82 Å². The summed E-state index contributed by atoms with van der Waals surface area (Å²) in [6, 6.07) is 12.7. The molecule has 0 heterocycles. The first kappa shape index (κ1) is 13.7. The van der Waals surface area contributed by atoms with Gasteiger partial charge in [0.25, 0.3) is 0 Å². The van der Waals surface area contributed by atoms with Gasteiger partial charge < -0.3 is 5.73 Å². The molecule has 4 heteroatoms. The van der Waals surface area contributed by atoms with Crippen molar-refractivity contribution in [2.24, 2.45) is 5.73 Å². The second kappa shape index (κ2) is 5.95. The van der Waals surface area contributed by atoms with E-state index in [1.807, 2.05) is 30.3 Å². The van der Waals surface area contributed by atoms with Crippen LogP contribution in [-0.4, -0.2) is 0 Å². The van der Waals surface area contributed by atoms with E-state index in [2.05, 4.69) is 31.9 Å². The molecule has 2 aromatic rings. The van der Waals surface area contributed by atoms with Crippen LogP contribution in [0.3, 0.4) is 0 Å². The maximum Gasteiger partial charge on any atom is 0.137 e. The Morgan fingerprint density at radius 1 is 1.06 bits per heavy atom. The van der Waals surface area contributed by atoms with Crippen molar-refractivity contribution in [3.8, 4) is 0 Å². The maximum absolute atomic E-state index is 13.4. The highest BCUT2D eigenvalue weighted by atomic mass is 79.9. The zero-order valence-electron chi connectivity index (χ0n) is 9.54. The highest BCUT2D eigenvalue weighted by Gasteiger charge is 2.11. The van der Waals surface area contributed by atoms with E-state index in [4.69, 9.17) is 5.73 Å². The molecule has 2 rings (SSSR count). The normalized spacial score (nSPS) is 12.4. The van der Waals surface area contributed by atoms with Gasteiger partial charge in [0.1, 0.15) is 5.82 Å². The summed E-state index contributed by atoms with van der Waals surface area (Å²) < 4.78 is 14.9. The second-order valence-corrected chi connectivity index (χ2v) is 5.78. The molecule has 0 aliphatic carbocycles. The van der Waals surface area contributed by atoms with Gasteiger partial charge in [-0.2, -0.15) is 0 Å². The molecule has 0 fully saturated rings. The topological polar surface area (TPSA) is 26.0 Å². The molecule has 0 aliphatic rings. The van der Waals surface area contributed by atoms with Crippen molar-refractivity contribution in [2.75, 3.05) is 0 Å². The van der Waals surface area contributed by atoms with E-state index >= 15 is 0 Å². The van der Waals surface area contributed by atoms with Crippen LogP contribution < -0.4 is 5.73 Å². The van der Waals surface area contributed by atoms with Crippen LogP contribution in [0.4, 0.5) is 4.39 Å². The summed E-state index contributed by atoms with van der Waals surface area (Å²) in [7, 11) is 0. The number of benzene rings is 2. The van der Waals surface area contributed by atoms with E-state index in [0.717, 1.165) is 15.6 Å². The minimum atomic E-state index is -0.254. The van der Waals surface area contributed by atoms with Crippen LogP contribution in [0.2, 0.25) is 0 Å². The first-order chi connectivity index (χ1) is 8.58. The number of rotatable bonds is 3. The number of halogens is 3. The SMILES string of the molecule is NC(Cc1cccc(F)c1Br)c1ccc(Br)cc1. The molecule has 0 bridgehead atoms. The minimum Gasteiger partial charge on any atom is -0.324 e. The van der Waals surface area contributed by atoms with Gasteiger partial charge in [0, 0.05) is 10.5 Å². The third kappa shape index (κ3) is 3.19. The fourth-order valence-corrected chi connectivity index (χ4v) is 2.46. The number of hydrogen-bond acceptors (Lipinski definition) is 1. The molecule has 2 N–H and O–H groups in total. The molecule has 0 aromatic heterocycles. The van der Waals surface area contributed by atoms with Gasteiger partial charge in [-0.3, -0.25) is 0 Å². The average molecular weight is 373 g/mol. The quantitative estimate of drug-likeness (QED) is 0.837. The fraction of sp³-hybridized carbons (Fsp3) is 0.143. The molecule has 0 amide bonds. The Balaban J connectivity index is 2.18. The minimum absolute atomic E-state index is 0.142. The Morgan fingerprint density at radius 2 is 1.72 bits per heavy atom. The molecular weight excluding hydrogens is 361 g/mol. The van der Waals surface area contributed by atoms with E-state index in [0.29, 0.717) is 10.9 Å². The Labute approximate surface area is 122 Å². The highest BCUT2D eigenvalue weighted by molar-refractivity contribution is 9.10. The molecular formula is C14H12Br2FN. The molecule has 0 saturated carbocycles. The zero-order valence-corrected chi connectivity index (χ0v) is 12.7. The van der Waals surface area contributed by atoms with Crippen LogP contribution in [0.5, 0.6) is 0 Å². The van der Waals surface area contributed by atoms with Gasteiger partial charge in [0.15, 0.2) is 0 Å². The fourth-order valence-electron chi connectivity index (χ4n) is 1.77. The van der Waals surface area contributed by atoms with Gasteiger partial charge in [-0.1, -0.05) is 40.2 Å². The lowest BCUT2D eigenvalue weighted by Gasteiger charge is -2.13. The van der Waals surface area contributed by atoms with E-state index in [9.17, 15) is 4.39 Å². The highest BCUT2D eigenvalue weighted by Crippen LogP contribution is 2.25. The molecule has 18 heavy (non-hydrogen) atoms. The van der Waals surface area contributed by atoms with Gasteiger partial charge in [-0.05, 0) is 51.7 Å². The van der Waals surface area contributed by atoms with Gasteiger partial charge >= 0.3 is 0 Å². The van der Waals surface area contributed by atoms with Crippen LogP contribution in [0.25, 0.3) is 0 Å². The molecule has 1 nitrogen and oxygen atoms in total. The van der Waals surface area contributed by atoms with Gasteiger partial charge in [0.05, 0.1) is 4.47 Å². The van der Waals surface area contributed by atoms with Crippen molar-refractivity contribution in [3.05, 3.63) is 68.4 Å². The van der Waals surface area contributed by atoms with E-state index in [-0.39, 0.29) is 11.9 Å². The predicted molar refractivity (Wildman–Crippen MR) is 78.9 cm³/mol. The van der Waals surface area contributed by atoms with Crippen LogP contribution in [0.1, 0.15) is 17.2 Å². The molecule has 1 atom stereocenters. The van der Waals surface area contributed by atoms with Gasteiger partial charge in [-0.25, -0.2) is 4.39 Å². The van der Waals surface area contributed by atoms with Crippen molar-refractivity contribution in [1.29, 1.82) is 0 Å². The second-order valence-electron chi connectivity index (χ2n) is 4.08. The summed E-state index contributed by atoms with van der Waals surface area (Å²) in [5, 5.41) is 0. The smallest absolute Gasteiger partial charge is 0.137 e. The molecule has 0 aliphatic heterocycles. The largest absolute Gasteiger partial charge is 0.324 e. The summed E-state index contributed by atoms with van der Waals surface area (Å²) in [5.41, 5.74) is 8.05. The van der Waals surface area contributed by atoms with E-state index in [1.165, 1.54) is 6.07 Å². The summed E-state index contributed by atoms with van der Waals surface area (Å²) in [6.07, 6.45) is 0.597. The van der Waals surface area contributed by atoms with E-state index < -0.39 is 0 Å². The maximum atomic E-state index is 13.4. The van der Waals surface area contributed by atoms with E-state index in [1.54, 1.807) is 6.07 Å². The molecule has 0 radical (unpaired) electrons. The first-order valence-corrected chi connectivity index (χ1v) is 7.10. The van der Waals surface area contributed by atoms with Crippen molar-refractivity contribution < 1.29 is 4.39 Å². The lowest BCUT2D eigenvalue weighted by molar-refractivity contribution is 0.614.